The zero-order valence-corrected chi connectivity index (χ0v) is 9.08. The van der Waals surface area contributed by atoms with Crippen molar-refractivity contribution < 1.29 is 26.3 Å². The molecule has 0 heterocycles. The second-order valence-corrected chi connectivity index (χ2v) is 3.52. The maximum atomic E-state index is 12.6. The predicted molar refractivity (Wildman–Crippen MR) is 50.5 cm³/mol. The van der Waals surface area contributed by atoms with Crippen LogP contribution in [0.25, 0.3) is 0 Å². The minimum Gasteiger partial charge on any atom is -0.192 e. The highest BCUT2D eigenvalue weighted by Crippen LogP contribution is 2.38. The average molecular weight is 267 g/mol. The molecule has 7 heteroatoms. The van der Waals surface area contributed by atoms with Gasteiger partial charge < -0.3 is 0 Å². The summed E-state index contributed by atoms with van der Waals surface area (Å²) >= 11 is 0. The van der Waals surface area contributed by atoms with Crippen LogP contribution in [0.2, 0.25) is 0 Å². The molecule has 0 spiro atoms. The minimum absolute atomic E-state index is 0.0300. The molecular formula is C11H7F6N. The number of nitrogens with zero attached hydrogens (tertiary/aromatic N) is 1. The van der Waals surface area contributed by atoms with E-state index in [-0.39, 0.29) is 18.1 Å². The van der Waals surface area contributed by atoms with Crippen molar-refractivity contribution in [3.8, 4) is 6.07 Å². The van der Waals surface area contributed by atoms with E-state index < -0.39 is 29.0 Å². The van der Waals surface area contributed by atoms with Crippen molar-refractivity contribution in [2.75, 3.05) is 0 Å². The van der Waals surface area contributed by atoms with Gasteiger partial charge in [-0.25, -0.2) is 0 Å². The van der Waals surface area contributed by atoms with Crippen LogP contribution in [0.4, 0.5) is 26.3 Å². The van der Waals surface area contributed by atoms with Gasteiger partial charge in [-0.05, 0) is 24.1 Å². The van der Waals surface area contributed by atoms with Gasteiger partial charge in [0.2, 0.25) is 0 Å². The van der Waals surface area contributed by atoms with Gasteiger partial charge in [-0.3, -0.25) is 0 Å². The Balaban J connectivity index is 3.63. The normalized spacial score (nSPS) is 12.3. The number of halogens is 6. The van der Waals surface area contributed by atoms with Crippen LogP contribution in [0.15, 0.2) is 12.1 Å². The van der Waals surface area contributed by atoms with Crippen LogP contribution >= 0.6 is 0 Å². The molecule has 18 heavy (non-hydrogen) atoms. The van der Waals surface area contributed by atoms with Crippen LogP contribution in [0.1, 0.15) is 29.2 Å². The molecule has 1 aromatic rings. The summed E-state index contributed by atoms with van der Waals surface area (Å²) in [6.07, 6.45) is -9.95. The van der Waals surface area contributed by atoms with E-state index in [2.05, 4.69) is 0 Å². The van der Waals surface area contributed by atoms with Crippen molar-refractivity contribution in [3.05, 3.63) is 34.4 Å². The fourth-order valence-electron chi connectivity index (χ4n) is 1.50. The largest absolute Gasteiger partial charge is 0.417 e. The van der Waals surface area contributed by atoms with Gasteiger partial charge in [0.15, 0.2) is 0 Å². The van der Waals surface area contributed by atoms with E-state index in [1.54, 1.807) is 0 Å². The molecule has 0 fully saturated rings. The number of hydrogen-bond acceptors (Lipinski definition) is 1. The maximum absolute atomic E-state index is 12.6. The van der Waals surface area contributed by atoms with E-state index in [1.807, 2.05) is 0 Å². The van der Waals surface area contributed by atoms with Crippen molar-refractivity contribution in [1.29, 1.82) is 5.26 Å². The molecule has 1 rings (SSSR count). The Morgan fingerprint density at radius 2 is 1.61 bits per heavy atom. The molecule has 0 aromatic heterocycles. The number of alkyl halides is 6. The second kappa shape index (κ2) is 4.52. The topological polar surface area (TPSA) is 23.8 Å². The van der Waals surface area contributed by atoms with Crippen LogP contribution in [0.5, 0.6) is 0 Å². The van der Waals surface area contributed by atoms with Gasteiger partial charge in [0.1, 0.15) is 6.07 Å². The molecule has 0 atom stereocenters. The van der Waals surface area contributed by atoms with Gasteiger partial charge >= 0.3 is 12.4 Å². The highest BCUT2D eigenvalue weighted by atomic mass is 19.4. The van der Waals surface area contributed by atoms with E-state index in [9.17, 15) is 26.3 Å². The smallest absolute Gasteiger partial charge is 0.192 e. The zero-order valence-electron chi connectivity index (χ0n) is 9.08. The van der Waals surface area contributed by atoms with Crippen molar-refractivity contribution >= 4 is 0 Å². The molecule has 0 saturated carbocycles. The van der Waals surface area contributed by atoms with Crippen LogP contribution in [0, 0.1) is 11.3 Å². The van der Waals surface area contributed by atoms with Crippen LogP contribution < -0.4 is 0 Å². The molecule has 0 N–H and O–H groups in total. The predicted octanol–water partition coefficient (Wildman–Crippen LogP) is 4.16. The molecular weight excluding hydrogens is 260 g/mol. The third-order valence-electron chi connectivity index (χ3n) is 2.35. The Hall–Kier alpha value is -1.71. The molecule has 0 bridgehead atoms. The number of aryl methyl sites for hydroxylation is 1. The van der Waals surface area contributed by atoms with Crippen molar-refractivity contribution in [1.82, 2.24) is 0 Å². The fraction of sp³-hybridized carbons (Fsp3) is 0.364. The Labute approximate surface area is 98.6 Å². The van der Waals surface area contributed by atoms with E-state index in [0.29, 0.717) is 6.07 Å². The Morgan fingerprint density at radius 3 is 1.94 bits per heavy atom. The molecule has 0 amide bonds. The number of hydrogen-bond donors (Lipinski definition) is 0. The Kier molecular flexibility index (Phi) is 3.60. The SMILES string of the molecule is CCc1cc(C(F)(F)F)cc(C(F)(F)F)c1C#N. The van der Waals surface area contributed by atoms with Crippen molar-refractivity contribution in [3.63, 3.8) is 0 Å². The summed E-state index contributed by atoms with van der Waals surface area (Å²) in [5.41, 5.74) is -3.96. The lowest BCUT2D eigenvalue weighted by Crippen LogP contribution is -2.14. The first kappa shape index (κ1) is 14.4. The fourth-order valence-corrected chi connectivity index (χ4v) is 1.50. The van der Waals surface area contributed by atoms with Gasteiger partial charge in [-0.1, -0.05) is 6.92 Å². The summed E-state index contributed by atoms with van der Waals surface area (Å²) in [5, 5.41) is 8.66. The van der Waals surface area contributed by atoms with E-state index in [4.69, 9.17) is 5.26 Å². The molecule has 0 saturated heterocycles. The number of benzene rings is 1. The maximum Gasteiger partial charge on any atom is 0.417 e. The minimum atomic E-state index is -4.99. The summed E-state index contributed by atoms with van der Waals surface area (Å²) in [4.78, 5) is 0. The van der Waals surface area contributed by atoms with Gasteiger partial charge in [-0.2, -0.15) is 31.6 Å². The highest BCUT2D eigenvalue weighted by molar-refractivity contribution is 5.49. The quantitative estimate of drug-likeness (QED) is 0.701. The molecule has 0 radical (unpaired) electrons. The number of rotatable bonds is 1. The monoisotopic (exact) mass is 267 g/mol. The van der Waals surface area contributed by atoms with E-state index >= 15 is 0 Å². The lowest BCUT2D eigenvalue weighted by Gasteiger charge is -2.15. The third-order valence-corrected chi connectivity index (χ3v) is 2.35. The summed E-state index contributed by atoms with van der Waals surface area (Å²) in [6.45, 7) is 1.39. The first-order valence-electron chi connectivity index (χ1n) is 4.82. The average Bonchev–Trinajstić information content (AvgIpc) is 2.24. The molecule has 0 aliphatic carbocycles. The molecule has 0 aliphatic heterocycles. The molecule has 98 valence electrons. The van der Waals surface area contributed by atoms with Crippen LogP contribution in [-0.2, 0) is 18.8 Å². The molecule has 1 aromatic carbocycles. The third kappa shape index (κ3) is 2.75. The second-order valence-electron chi connectivity index (χ2n) is 3.52. The Morgan fingerprint density at radius 1 is 1.06 bits per heavy atom. The van der Waals surface area contributed by atoms with E-state index in [1.165, 1.54) is 13.0 Å². The first-order valence-corrected chi connectivity index (χ1v) is 4.82. The summed E-state index contributed by atoms with van der Waals surface area (Å²) in [7, 11) is 0. The lowest BCUT2D eigenvalue weighted by molar-refractivity contribution is -0.143. The number of nitriles is 1. The summed E-state index contributed by atoms with van der Waals surface area (Å²) in [5.74, 6) is 0. The lowest BCUT2D eigenvalue weighted by atomic mass is 9.96. The molecule has 1 nitrogen and oxygen atoms in total. The standard InChI is InChI=1S/C11H7F6N/c1-2-6-3-7(10(12,13)14)4-9(8(6)5-18)11(15,16)17/h3-4H,2H2,1H3. The van der Waals surface area contributed by atoms with Gasteiger partial charge in [0.25, 0.3) is 0 Å². The summed E-state index contributed by atoms with van der Waals surface area (Å²) in [6, 6.07) is 1.86. The van der Waals surface area contributed by atoms with Crippen LogP contribution in [-0.4, -0.2) is 0 Å². The molecule has 0 unspecified atom stereocenters. The van der Waals surface area contributed by atoms with E-state index in [0.717, 1.165) is 0 Å². The van der Waals surface area contributed by atoms with Crippen molar-refractivity contribution in [2.45, 2.75) is 25.7 Å². The zero-order chi connectivity index (χ0) is 14.1. The van der Waals surface area contributed by atoms with Gasteiger partial charge in [0.05, 0.1) is 16.7 Å². The summed E-state index contributed by atoms with van der Waals surface area (Å²) < 4.78 is 75.2. The van der Waals surface area contributed by atoms with Gasteiger partial charge in [0, 0.05) is 0 Å². The van der Waals surface area contributed by atoms with Gasteiger partial charge in [-0.15, -0.1) is 0 Å². The first-order chi connectivity index (χ1) is 8.11. The van der Waals surface area contributed by atoms with Crippen LogP contribution in [0.3, 0.4) is 0 Å². The molecule has 0 aliphatic rings. The highest BCUT2D eigenvalue weighted by Gasteiger charge is 2.39. The Bertz CT molecular complexity index is 492. The van der Waals surface area contributed by atoms with Crippen molar-refractivity contribution in [2.24, 2.45) is 0 Å².